The number of amides is 3. The van der Waals surface area contributed by atoms with Gasteiger partial charge in [0, 0.05) is 62.9 Å². The largest absolute Gasteiger partial charge is 0.496 e. The minimum Gasteiger partial charge on any atom is -0.496 e. The van der Waals surface area contributed by atoms with Crippen molar-refractivity contribution in [2.24, 2.45) is 5.92 Å². The Morgan fingerprint density at radius 1 is 1.09 bits per heavy atom. The Hall–Kier alpha value is -3.10. The van der Waals surface area contributed by atoms with E-state index in [-0.39, 0.29) is 30.1 Å². The number of rotatable bonds is 7. The lowest BCUT2D eigenvalue weighted by atomic mass is 10.1. The highest BCUT2D eigenvalue weighted by Crippen LogP contribution is 2.26. The van der Waals surface area contributed by atoms with Gasteiger partial charge in [-0.3, -0.25) is 19.3 Å². The zero-order valence-corrected chi connectivity index (χ0v) is 20.0. The van der Waals surface area contributed by atoms with Crippen molar-refractivity contribution in [2.45, 2.75) is 6.42 Å². The van der Waals surface area contributed by atoms with Crippen molar-refractivity contribution in [3.63, 3.8) is 0 Å². The maximum absolute atomic E-state index is 12.9. The molecule has 1 atom stereocenters. The standard InChI is InChI=1S/C25H29ClN4O4/c1-34-22-8-7-19(26)16-21(22)25(33)29-13-11-28(12-14-29)10-9-27-24(32)18-15-23(31)30(17-18)20-5-3-2-4-6-20/h2-8,16,18H,9-15,17H2,1H3,(H,27,32). The van der Waals surface area contributed by atoms with Crippen LogP contribution in [0.2, 0.25) is 5.02 Å². The molecule has 2 aromatic rings. The predicted molar refractivity (Wildman–Crippen MR) is 130 cm³/mol. The zero-order valence-electron chi connectivity index (χ0n) is 19.2. The van der Waals surface area contributed by atoms with Gasteiger partial charge in [-0.25, -0.2) is 0 Å². The number of nitrogens with one attached hydrogen (secondary N) is 1. The molecule has 34 heavy (non-hydrogen) atoms. The Kier molecular flexibility index (Phi) is 7.70. The summed E-state index contributed by atoms with van der Waals surface area (Å²) in [5.41, 5.74) is 1.29. The SMILES string of the molecule is COc1ccc(Cl)cc1C(=O)N1CCN(CCNC(=O)C2CC(=O)N(c3ccccc3)C2)CC1. The molecule has 9 heteroatoms. The summed E-state index contributed by atoms with van der Waals surface area (Å²) in [6, 6.07) is 14.5. The van der Waals surface area contributed by atoms with Gasteiger partial charge in [0.25, 0.3) is 5.91 Å². The number of ether oxygens (including phenoxy) is 1. The van der Waals surface area contributed by atoms with Gasteiger partial charge in [-0.2, -0.15) is 0 Å². The van der Waals surface area contributed by atoms with E-state index in [1.807, 2.05) is 30.3 Å². The Labute approximate surface area is 204 Å². The second kappa shape index (κ2) is 10.9. The van der Waals surface area contributed by atoms with Crippen LogP contribution in [0.3, 0.4) is 0 Å². The highest BCUT2D eigenvalue weighted by Gasteiger charge is 2.35. The van der Waals surface area contributed by atoms with Gasteiger partial charge < -0.3 is 19.9 Å². The molecule has 4 rings (SSSR count). The first-order valence-electron chi connectivity index (χ1n) is 11.4. The second-order valence-corrected chi connectivity index (χ2v) is 8.95. The lowest BCUT2D eigenvalue weighted by molar-refractivity contribution is -0.126. The van der Waals surface area contributed by atoms with Crippen molar-refractivity contribution < 1.29 is 19.1 Å². The quantitative estimate of drug-likeness (QED) is 0.652. The third-order valence-corrected chi connectivity index (χ3v) is 6.58. The summed E-state index contributed by atoms with van der Waals surface area (Å²) in [6.07, 6.45) is 0.231. The van der Waals surface area contributed by atoms with Gasteiger partial charge in [-0.1, -0.05) is 29.8 Å². The Morgan fingerprint density at radius 3 is 2.53 bits per heavy atom. The number of benzene rings is 2. The molecule has 0 aliphatic carbocycles. The van der Waals surface area contributed by atoms with E-state index >= 15 is 0 Å². The fraction of sp³-hybridized carbons (Fsp3) is 0.400. The highest BCUT2D eigenvalue weighted by molar-refractivity contribution is 6.31. The molecule has 2 aliphatic heterocycles. The molecule has 1 unspecified atom stereocenters. The third kappa shape index (κ3) is 5.51. The average molecular weight is 485 g/mol. The molecular formula is C25H29ClN4O4. The minimum atomic E-state index is -0.338. The lowest BCUT2D eigenvalue weighted by Gasteiger charge is -2.35. The van der Waals surface area contributed by atoms with E-state index in [4.69, 9.17) is 16.3 Å². The van der Waals surface area contributed by atoms with Crippen LogP contribution >= 0.6 is 11.6 Å². The number of nitrogens with zero attached hydrogens (tertiary/aromatic N) is 3. The van der Waals surface area contributed by atoms with Crippen LogP contribution in [0.5, 0.6) is 5.75 Å². The number of hydrogen-bond donors (Lipinski definition) is 1. The molecule has 0 radical (unpaired) electrons. The lowest BCUT2D eigenvalue weighted by Crippen LogP contribution is -2.50. The van der Waals surface area contributed by atoms with Gasteiger partial charge in [0.15, 0.2) is 0 Å². The third-order valence-electron chi connectivity index (χ3n) is 6.34. The molecule has 8 nitrogen and oxygen atoms in total. The summed E-state index contributed by atoms with van der Waals surface area (Å²) in [7, 11) is 1.53. The van der Waals surface area contributed by atoms with Gasteiger partial charge in [-0.15, -0.1) is 0 Å². The Morgan fingerprint density at radius 2 is 1.82 bits per heavy atom. The van der Waals surface area contributed by atoms with E-state index in [0.29, 0.717) is 62.1 Å². The van der Waals surface area contributed by atoms with E-state index < -0.39 is 0 Å². The van der Waals surface area contributed by atoms with Crippen LogP contribution in [0, 0.1) is 5.92 Å². The fourth-order valence-corrected chi connectivity index (χ4v) is 4.59. The molecule has 0 saturated carbocycles. The van der Waals surface area contributed by atoms with E-state index in [1.165, 1.54) is 7.11 Å². The fourth-order valence-electron chi connectivity index (χ4n) is 4.41. The Bertz CT molecular complexity index is 1040. The smallest absolute Gasteiger partial charge is 0.257 e. The first kappa shape index (κ1) is 24.0. The maximum atomic E-state index is 12.9. The van der Waals surface area contributed by atoms with Crippen molar-refractivity contribution in [3.8, 4) is 5.75 Å². The van der Waals surface area contributed by atoms with Crippen LogP contribution in [0.1, 0.15) is 16.8 Å². The van der Waals surface area contributed by atoms with Gasteiger partial charge in [0.05, 0.1) is 18.6 Å². The summed E-state index contributed by atoms with van der Waals surface area (Å²) in [4.78, 5) is 43.6. The first-order chi connectivity index (χ1) is 16.5. The number of hydrogen-bond acceptors (Lipinski definition) is 5. The van der Waals surface area contributed by atoms with E-state index in [9.17, 15) is 14.4 Å². The number of halogens is 1. The predicted octanol–water partition coefficient (Wildman–Crippen LogP) is 2.28. The molecule has 2 aliphatic rings. The minimum absolute atomic E-state index is 0.0246. The van der Waals surface area contributed by atoms with E-state index in [2.05, 4.69) is 10.2 Å². The first-order valence-corrected chi connectivity index (χ1v) is 11.8. The monoisotopic (exact) mass is 484 g/mol. The van der Waals surface area contributed by atoms with Crippen LogP contribution in [0.4, 0.5) is 5.69 Å². The number of carbonyl (C=O) groups is 3. The topological polar surface area (TPSA) is 82.2 Å². The molecule has 2 aromatic carbocycles. The molecular weight excluding hydrogens is 456 g/mol. The van der Waals surface area contributed by atoms with Crippen molar-refractivity contribution in [2.75, 3.05) is 57.8 Å². The second-order valence-electron chi connectivity index (χ2n) is 8.51. The summed E-state index contributed by atoms with van der Waals surface area (Å²) in [5, 5.41) is 3.47. The summed E-state index contributed by atoms with van der Waals surface area (Å²) < 4.78 is 5.31. The molecule has 0 spiro atoms. The van der Waals surface area contributed by atoms with Gasteiger partial charge in [0.1, 0.15) is 5.75 Å². The molecule has 2 fully saturated rings. The average Bonchev–Trinajstić information content (AvgIpc) is 3.26. The molecule has 3 amide bonds. The van der Waals surface area contributed by atoms with E-state index in [0.717, 1.165) is 5.69 Å². The number of anilines is 1. The van der Waals surface area contributed by atoms with Crippen molar-refractivity contribution >= 4 is 35.0 Å². The molecule has 2 saturated heterocycles. The summed E-state index contributed by atoms with van der Waals surface area (Å²) in [6.45, 7) is 4.21. The van der Waals surface area contributed by atoms with Crippen molar-refractivity contribution in [1.29, 1.82) is 0 Å². The number of carbonyl (C=O) groups excluding carboxylic acids is 3. The number of para-hydroxylation sites is 1. The number of piperazine rings is 1. The number of methoxy groups -OCH3 is 1. The highest BCUT2D eigenvalue weighted by atomic mass is 35.5. The normalized spacial score (nSPS) is 18.8. The zero-order chi connectivity index (χ0) is 24.1. The van der Waals surface area contributed by atoms with Crippen LogP contribution in [0.25, 0.3) is 0 Å². The van der Waals surface area contributed by atoms with Crippen molar-refractivity contribution in [3.05, 3.63) is 59.1 Å². The van der Waals surface area contributed by atoms with Gasteiger partial charge >= 0.3 is 0 Å². The molecule has 2 heterocycles. The van der Waals surface area contributed by atoms with Crippen molar-refractivity contribution in [1.82, 2.24) is 15.1 Å². The molecule has 0 aromatic heterocycles. The Balaban J connectivity index is 1.21. The van der Waals surface area contributed by atoms with Gasteiger partial charge in [0.2, 0.25) is 11.8 Å². The summed E-state index contributed by atoms with van der Waals surface area (Å²) in [5.74, 6) is -0.0380. The van der Waals surface area contributed by atoms with E-state index in [1.54, 1.807) is 28.0 Å². The van der Waals surface area contributed by atoms with Gasteiger partial charge in [-0.05, 0) is 30.3 Å². The molecule has 0 bridgehead atoms. The maximum Gasteiger partial charge on any atom is 0.257 e. The van der Waals surface area contributed by atoms with Crippen LogP contribution in [-0.2, 0) is 9.59 Å². The van der Waals surface area contributed by atoms with Crippen LogP contribution in [-0.4, -0.2) is 80.4 Å². The van der Waals surface area contributed by atoms with Crippen LogP contribution < -0.4 is 15.0 Å². The summed E-state index contributed by atoms with van der Waals surface area (Å²) >= 11 is 6.07. The molecule has 180 valence electrons. The van der Waals surface area contributed by atoms with Crippen LogP contribution in [0.15, 0.2) is 48.5 Å². The molecule has 1 N–H and O–H groups in total.